The lowest BCUT2D eigenvalue weighted by atomic mass is 9.74. The number of hydrogen-bond acceptors (Lipinski definition) is 3. The van der Waals surface area contributed by atoms with Crippen LogP contribution in [-0.4, -0.2) is 35.1 Å². The first-order valence-corrected chi connectivity index (χ1v) is 9.80. The Morgan fingerprint density at radius 3 is 2.72 bits per heavy atom. The Labute approximate surface area is 122 Å². The molecule has 1 N–H and O–H groups in total. The van der Waals surface area contributed by atoms with Gasteiger partial charge in [0.25, 0.3) is 0 Å². The van der Waals surface area contributed by atoms with Crippen LogP contribution < -0.4 is 5.32 Å². The summed E-state index contributed by atoms with van der Waals surface area (Å²) in [4.78, 5) is 0. The summed E-state index contributed by atoms with van der Waals surface area (Å²) in [6, 6.07) is 0.779. The van der Waals surface area contributed by atoms with Crippen molar-refractivity contribution in [2.45, 2.75) is 51.3 Å². The molecule has 2 rings (SSSR count). The van der Waals surface area contributed by atoms with Gasteiger partial charge in [-0.1, -0.05) is 27.2 Å². The third-order valence-electron chi connectivity index (χ3n) is 4.51. The van der Waals surface area contributed by atoms with Crippen molar-refractivity contribution in [2.75, 3.05) is 23.8 Å². The summed E-state index contributed by atoms with van der Waals surface area (Å²) in [6.45, 7) is 8.47. The van der Waals surface area contributed by atoms with Crippen LogP contribution in [0.2, 0.25) is 0 Å². The number of thioether (sulfide) groups is 2. The van der Waals surface area contributed by atoms with Gasteiger partial charge in [0.1, 0.15) is 0 Å². The van der Waals surface area contributed by atoms with Gasteiger partial charge in [0.2, 0.25) is 0 Å². The van der Waals surface area contributed by atoms with Crippen LogP contribution in [0.3, 0.4) is 0 Å². The Balaban J connectivity index is 1.80. The molecule has 4 unspecified atom stereocenters. The first-order chi connectivity index (χ1) is 8.66. The molecule has 106 valence electrons. The van der Waals surface area contributed by atoms with E-state index in [2.05, 4.69) is 49.6 Å². The third-order valence-corrected chi connectivity index (χ3v) is 7.36. The van der Waals surface area contributed by atoms with Gasteiger partial charge in [-0.2, -0.15) is 23.5 Å². The zero-order chi connectivity index (χ0) is 13.0. The number of nitrogens with one attached hydrogen (secondary N) is 1. The van der Waals surface area contributed by atoms with E-state index in [9.17, 15) is 0 Å². The van der Waals surface area contributed by atoms with E-state index in [1.54, 1.807) is 0 Å². The van der Waals surface area contributed by atoms with Crippen molar-refractivity contribution in [3.05, 3.63) is 0 Å². The predicted molar refractivity (Wildman–Crippen MR) is 86.7 cm³/mol. The molecule has 0 amide bonds. The van der Waals surface area contributed by atoms with E-state index in [1.165, 1.54) is 43.1 Å². The summed E-state index contributed by atoms with van der Waals surface area (Å²) < 4.78 is 0. The Morgan fingerprint density at radius 1 is 1.22 bits per heavy atom. The van der Waals surface area contributed by atoms with E-state index < -0.39 is 0 Å². The van der Waals surface area contributed by atoms with E-state index in [4.69, 9.17) is 0 Å². The van der Waals surface area contributed by atoms with E-state index in [0.717, 1.165) is 29.0 Å². The van der Waals surface area contributed by atoms with Crippen molar-refractivity contribution in [2.24, 2.45) is 17.8 Å². The monoisotopic (exact) mass is 287 g/mol. The average Bonchev–Trinajstić information content (AvgIpc) is 2.37. The lowest BCUT2D eigenvalue weighted by molar-refractivity contribution is 0.171. The molecule has 1 heterocycles. The van der Waals surface area contributed by atoms with E-state index in [1.807, 2.05) is 0 Å². The molecule has 2 aliphatic rings. The zero-order valence-electron chi connectivity index (χ0n) is 12.2. The number of rotatable bonds is 4. The Kier molecular flexibility index (Phi) is 6.23. The van der Waals surface area contributed by atoms with Gasteiger partial charge in [0.15, 0.2) is 0 Å². The van der Waals surface area contributed by atoms with Crippen LogP contribution in [0.5, 0.6) is 0 Å². The van der Waals surface area contributed by atoms with Gasteiger partial charge >= 0.3 is 0 Å². The molecular weight excluding hydrogens is 258 g/mol. The highest BCUT2D eigenvalue weighted by atomic mass is 32.2. The zero-order valence-corrected chi connectivity index (χ0v) is 13.8. The van der Waals surface area contributed by atoms with Crippen molar-refractivity contribution >= 4 is 23.5 Å². The highest BCUT2D eigenvalue weighted by Gasteiger charge is 2.30. The maximum atomic E-state index is 3.92. The van der Waals surface area contributed by atoms with E-state index in [-0.39, 0.29) is 0 Å². The Bertz CT molecular complexity index is 239. The fourth-order valence-corrected chi connectivity index (χ4v) is 6.00. The minimum absolute atomic E-state index is 0.779. The van der Waals surface area contributed by atoms with Crippen LogP contribution >= 0.6 is 23.5 Å². The molecule has 1 aliphatic carbocycles. The first-order valence-electron chi connectivity index (χ1n) is 7.59. The van der Waals surface area contributed by atoms with E-state index in [0.29, 0.717) is 0 Å². The maximum absolute atomic E-state index is 3.92. The second kappa shape index (κ2) is 7.44. The molecule has 0 aromatic rings. The molecule has 0 bridgehead atoms. The molecule has 0 aromatic carbocycles. The predicted octanol–water partition coefficient (Wildman–Crippen LogP) is 3.89. The standard InChI is InChI=1S/C15H29NS2/c1-11(2)14-5-4-12(3)8-15(14)16-9-13-10-17-6-7-18-13/h11-16H,4-10H2,1-3H3. The van der Waals surface area contributed by atoms with Crippen LogP contribution in [0.1, 0.15) is 40.0 Å². The lowest BCUT2D eigenvalue weighted by Crippen LogP contribution is -2.45. The minimum atomic E-state index is 0.779. The molecule has 1 saturated carbocycles. The van der Waals surface area contributed by atoms with Gasteiger partial charge in [0, 0.05) is 35.1 Å². The molecule has 1 nitrogen and oxygen atoms in total. The normalized spacial score (nSPS) is 38.0. The summed E-state index contributed by atoms with van der Waals surface area (Å²) in [7, 11) is 0. The van der Waals surface area contributed by atoms with Crippen LogP contribution in [0, 0.1) is 17.8 Å². The molecule has 2 fully saturated rings. The van der Waals surface area contributed by atoms with Gasteiger partial charge < -0.3 is 5.32 Å². The van der Waals surface area contributed by atoms with Crippen LogP contribution in [0.15, 0.2) is 0 Å². The number of hydrogen-bond donors (Lipinski definition) is 1. The summed E-state index contributed by atoms with van der Waals surface area (Å²) >= 11 is 4.32. The lowest BCUT2D eigenvalue weighted by Gasteiger charge is -2.39. The molecule has 0 radical (unpaired) electrons. The van der Waals surface area contributed by atoms with Gasteiger partial charge in [-0.3, -0.25) is 0 Å². The quantitative estimate of drug-likeness (QED) is 0.842. The third kappa shape index (κ3) is 4.35. The average molecular weight is 288 g/mol. The van der Waals surface area contributed by atoms with Crippen LogP contribution in [0.4, 0.5) is 0 Å². The smallest absolute Gasteiger partial charge is 0.0263 e. The minimum Gasteiger partial charge on any atom is -0.313 e. The molecule has 0 spiro atoms. The van der Waals surface area contributed by atoms with Crippen LogP contribution in [0.25, 0.3) is 0 Å². The van der Waals surface area contributed by atoms with Gasteiger partial charge in [-0.15, -0.1) is 0 Å². The van der Waals surface area contributed by atoms with Gasteiger partial charge in [-0.25, -0.2) is 0 Å². The molecule has 18 heavy (non-hydrogen) atoms. The topological polar surface area (TPSA) is 12.0 Å². The largest absolute Gasteiger partial charge is 0.313 e. The molecule has 1 aliphatic heterocycles. The van der Waals surface area contributed by atoms with Crippen molar-refractivity contribution in [3.63, 3.8) is 0 Å². The highest BCUT2D eigenvalue weighted by Crippen LogP contribution is 2.34. The molecule has 1 saturated heterocycles. The summed E-state index contributed by atoms with van der Waals surface area (Å²) in [5.41, 5.74) is 0. The fourth-order valence-electron chi connectivity index (χ4n) is 3.37. The Hall–Kier alpha value is 0.660. The first kappa shape index (κ1) is 15.1. The van der Waals surface area contributed by atoms with Crippen molar-refractivity contribution in [1.29, 1.82) is 0 Å². The van der Waals surface area contributed by atoms with Gasteiger partial charge in [-0.05, 0) is 30.6 Å². The molecule has 3 heteroatoms. The molecule has 4 atom stereocenters. The van der Waals surface area contributed by atoms with Crippen molar-refractivity contribution < 1.29 is 0 Å². The Morgan fingerprint density at radius 2 is 2.06 bits per heavy atom. The summed E-state index contributed by atoms with van der Waals surface area (Å²) in [5, 5.41) is 4.77. The fraction of sp³-hybridized carbons (Fsp3) is 1.00. The summed E-state index contributed by atoms with van der Waals surface area (Å²) in [6.07, 6.45) is 4.27. The van der Waals surface area contributed by atoms with Crippen molar-refractivity contribution in [1.82, 2.24) is 5.32 Å². The molecule has 0 aromatic heterocycles. The second-order valence-electron chi connectivity index (χ2n) is 6.41. The second-order valence-corrected chi connectivity index (χ2v) is 8.97. The molecular formula is C15H29NS2. The van der Waals surface area contributed by atoms with E-state index >= 15 is 0 Å². The van der Waals surface area contributed by atoms with Crippen molar-refractivity contribution in [3.8, 4) is 0 Å². The highest BCUT2D eigenvalue weighted by molar-refractivity contribution is 8.06. The van der Waals surface area contributed by atoms with Crippen LogP contribution in [-0.2, 0) is 0 Å². The SMILES string of the molecule is CC1CCC(C(C)C)C(NCC2CSCCS2)C1. The maximum Gasteiger partial charge on any atom is 0.0263 e. The summed E-state index contributed by atoms with van der Waals surface area (Å²) in [5.74, 6) is 6.73. The van der Waals surface area contributed by atoms with Gasteiger partial charge in [0.05, 0.1) is 0 Å².